The van der Waals surface area contributed by atoms with Gasteiger partial charge in [0.25, 0.3) is 0 Å². The number of nitrogens with one attached hydrogen (secondary N) is 1. The van der Waals surface area contributed by atoms with Crippen molar-refractivity contribution in [1.82, 2.24) is 10.2 Å². The highest BCUT2D eigenvalue weighted by Gasteiger charge is 2.19. The average molecular weight is 160 g/mol. The molecule has 3 heteroatoms. The quantitative estimate of drug-likeness (QED) is 0.649. The Morgan fingerprint density at radius 3 is 2.91 bits per heavy atom. The van der Waals surface area contributed by atoms with Gasteiger partial charge in [0.15, 0.2) is 0 Å². The molecular formula is C8H17FN2. The standard InChI is InChI=1S/C8H17FN2/c1-2-11(6-4-9)8-3-5-10-7-8/h8,10H,2-7H2,1H3. The van der Waals surface area contributed by atoms with E-state index in [9.17, 15) is 4.39 Å². The Hall–Kier alpha value is -0.150. The molecule has 1 N–H and O–H groups in total. The SMILES string of the molecule is CCN(CCF)C1CCNC1. The van der Waals surface area contributed by atoms with Crippen molar-refractivity contribution in [2.24, 2.45) is 0 Å². The maximum atomic E-state index is 12.0. The molecule has 0 amide bonds. The van der Waals surface area contributed by atoms with Crippen LogP contribution < -0.4 is 5.32 Å². The Balaban J connectivity index is 2.27. The number of rotatable bonds is 4. The molecule has 0 aliphatic carbocycles. The minimum atomic E-state index is -0.218. The normalized spacial score (nSPS) is 24.8. The van der Waals surface area contributed by atoms with Gasteiger partial charge >= 0.3 is 0 Å². The fraction of sp³-hybridized carbons (Fsp3) is 1.00. The second-order valence-electron chi connectivity index (χ2n) is 2.96. The first kappa shape index (κ1) is 8.94. The number of hydrogen-bond acceptors (Lipinski definition) is 2. The summed E-state index contributed by atoms with van der Waals surface area (Å²) < 4.78 is 12.0. The van der Waals surface area contributed by atoms with Crippen molar-refractivity contribution < 1.29 is 4.39 Å². The molecule has 0 radical (unpaired) electrons. The highest BCUT2D eigenvalue weighted by Crippen LogP contribution is 2.07. The molecule has 0 aromatic carbocycles. The fourth-order valence-electron chi connectivity index (χ4n) is 1.66. The first-order valence-corrected chi connectivity index (χ1v) is 4.39. The third kappa shape index (κ3) is 2.42. The predicted octanol–water partition coefficient (Wildman–Crippen LogP) is 0.640. The van der Waals surface area contributed by atoms with Crippen molar-refractivity contribution in [3.63, 3.8) is 0 Å². The van der Waals surface area contributed by atoms with Gasteiger partial charge in [-0.2, -0.15) is 0 Å². The number of nitrogens with zero attached hydrogens (tertiary/aromatic N) is 1. The molecule has 0 spiro atoms. The van der Waals surface area contributed by atoms with E-state index in [1.54, 1.807) is 0 Å². The van der Waals surface area contributed by atoms with Gasteiger partial charge in [-0.3, -0.25) is 4.90 Å². The van der Waals surface area contributed by atoms with E-state index in [0.29, 0.717) is 12.6 Å². The lowest BCUT2D eigenvalue weighted by Crippen LogP contribution is -2.38. The van der Waals surface area contributed by atoms with Gasteiger partial charge in [0.1, 0.15) is 6.67 Å². The average Bonchev–Trinajstić information content (AvgIpc) is 2.52. The lowest BCUT2D eigenvalue weighted by Gasteiger charge is -2.25. The van der Waals surface area contributed by atoms with Crippen molar-refractivity contribution in [2.75, 3.05) is 32.9 Å². The molecule has 0 aromatic heterocycles. The summed E-state index contributed by atoms with van der Waals surface area (Å²) in [6, 6.07) is 0.579. The molecule has 1 fully saturated rings. The summed E-state index contributed by atoms with van der Waals surface area (Å²) in [5, 5.41) is 3.28. The van der Waals surface area contributed by atoms with Gasteiger partial charge in [0.05, 0.1) is 0 Å². The van der Waals surface area contributed by atoms with Gasteiger partial charge in [0, 0.05) is 19.1 Å². The summed E-state index contributed by atoms with van der Waals surface area (Å²) in [4.78, 5) is 2.21. The maximum absolute atomic E-state index is 12.0. The predicted molar refractivity (Wildman–Crippen MR) is 44.5 cm³/mol. The van der Waals surface area contributed by atoms with Gasteiger partial charge < -0.3 is 5.32 Å². The van der Waals surface area contributed by atoms with Crippen LogP contribution in [0.5, 0.6) is 0 Å². The molecule has 1 unspecified atom stereocenters. The largest absolute Gasteiger partial charge is 0.315 e. The lowest BCUT2D eigenvalue weighted by molar-refractivity contribution is 0.201. The lowest BCUT2D eigenvalue weighted by atomic mass is 10.2. The molecule has 0 bridgehead atoms. The summed E-state index contributed by atoms with van der Waals surface area (Å²) in [5.41, 5.74) is 0. The number of likely N-dealkylation sites (N-methyl/N-ethyl adjacent to an activating group) is 1. The molecule has 1 saturated heterocycles. The molecule has 1 aliphatic heterocycles. The van der Waals surface area contributed by atoms with Gasteiger partial charge in [0.2, 0.25) is 0 Å². The van der Waals surface area contributed by atoms with Crippen LogP contribution in [0, 0.1) is 0 Å². The zero-order valence-corrected chi connectivity index (χ0v) is 7.15. The van der Waals surface area contributed by atoms with Gasteiger partial charge in [-0.05, 0) is 19.5 Å². The Kier molecular flexibility index (Phi) is 3.80. The van der Waals surface area contributed by atoms with Crippen molar-refractivity contribution in [1.29, 1.82) is 0 Å². The molecule has 1 aliphatic rings. The van der Waals surface area contributed by atoms with Gasteiger partial charge in [-0.15, -0.1) is 0 Å². The van der Waals surface area contributed by atoms with Crippen LogP contribution in [0.15, 0.2) is 0 Å². The van der Waals surface area contributed by atoms with E-state index in [0.717, 1.165) is 19.6 Å². The van der Waals surface area contributed by atoms with Crippen LogP contribution in [0.2, 0.25) is 0 Å². The Labute approximate surface area is 67.8 Å². The van der Waals surface area contributed by atoms with Gasteiger partial charge in [-0.1, -0.05) is 6.92 Å². The number of alkyl halides is 1. The van der Waals surface area contributed by atoms with Crippen LogP contribution in [-0.4, -0.2) is 43.8 Å². The van der Waals surface area contributed by atoms with E-state index >= 15 is 0 Å². The van der Waals surface area contributed by atoms with Crippen LogP contribution in [0.25, 0.3) is 0 Å². The number of hydrogen-bond donors (Lipinski definition) is 1. The van der Waals surface area contributed by atoms with E-state index in [-0.39, 0.29) is 6.67 Å². The molecule has 1 rings (SSSR count). The first-order chi connectivity index (χ1) is 5.38. The Bertz CT molecular complexity index is 102. The third-order valence-corrected chi connectivity index (χ3v) is 2.33. The van der Waals surface area contributed by atoms with E-state index in [2.05, 4.69) is 17.1 Å². The van der Waals surface area contributed by atoms with Crippen molar-refractivity contribution in [3.05, 3.63) is 0 Å². The molecule has 0 saturated carbocycles. The summed E-state index contributed by atoms with van der Waals surface area (Å²) in [6.45, 7) is 5.57. The molecule has 2 nitrogen and oxygen atoms in total. The molecule has 1 heterocycles. The van der Waals surface area contributed by atoms with E-state index < -0.39 is 0 Å². The molecular weight excluding hydrogens is 143 g/mol. The monoisotopic (exact) mass is 160 g/mol. The van der Waals surface area contributed by atoms with Crippen LogP contribution in [-0.2, 0) is 0 Å². The zero-order valence-electron chi connectivity index (χ0n) is 7.15. The van der Waals surface area contributed by atoms with Crippen molar-refractivity contribution in [3.8, 4) is 0 Å². The zero-order chi connectivity index (χ0) is 8.10. The third-order valence-electron chi connectivity index (χ3n) is 2.33. The van der Waals surface area contributed by atoms with Crippen molar-refractivity contribution >= 4 is 0 Å². The summed E-state index contributed by atoms with van der Waals surface area (Å²) >= 11 is 0. The molecule has 1 atom stereocenters. The van der Waals surface area contributed by atoms with Crippen LogP contribution >= 0.6 is 0 Å². The maximum Gasteiger partial charge on any atom is 0.102 e. The van der Waals surface area contributed by atoms with Crippen LogP contribution in [0.1, 0.15) is 13.3 Å². The van der Waals surface area contributed by atoms with E-state index in [1.807, 2.05) is 0 Å². The minimum Gasteiger partial charge on any atom is -0.315 e. The minimum absolute atomic E-state index is 0.218. The fourth-order valence-corrected chi connectivity index (χ4v) is 1.66. The second-order valence-corrected chi connectivity index (χ2v) is 2.96. The first-order valence-electron chi connectivity index (χ1n) is 4.39. The Morgan fingerprint density at radius 1 is 1.64 bits per heavy atom. The van der Waals surface area contributed by atoms with Crippen LogP contribution in [0.4, 0.5) is 4.39 Å². The van der Waals surface area contributed by atoms with Crippen LogP contribution in [0.3, 0.4) is 0 Å². The second kappa shape index (κ2) is 4.67. The smallest absolute Gasteiger partial charge is 0.102 e. The Morgan fingerprint density at radius 2 is 2.45 bits per heavy atom. The topological polar surface area (TPSA) is 15.3 Å². The summed E-state index contributed by atoms with van der Waals surface area (Å²) in [5.74, 6) is 0. The van der Waals surface area contributed by atoms with E-state index in [1.165, 1.54) is 6.42 Å². The molecule has 11 heavy (non-hydrogen) atoms. The highest BCUT2D eigenvalue weighted by atomic mass is 19.1. The molecule has 66 valence electrons. The summed E-state index contributed by atoms with van der Waals surface area (Å²) in [7, 11) is 0. The van der Waals surface area contributed by atoms with E-state index in [4.69, 9.17) is 0 Å². The highest BCUT2D eigenvalue weighted by molar-refractivity contribution is 4.79. The molecule has 0 aromatic rings. The van der Waals surface area contributed by atoms with Gasteiger partial charge in [-0.25, -0.2) is 4.39 Å². The van der Waals surface area contributed by atoms with Crippen molar-refractivity contribution in [2.45, 2.75) is 19.4 Å². The summed E-state index contributed by atoms with van der Waals surface area (Å²) in [6.07, 6.45) is 1.17. The number of halogens is 1.